The molecule has 11 rings (SSSR count). The van der Waals surface area contributed by atoms with Gasteiger partial charge >= 0.3 is 0 Å². The van der Waals surface area contributed by atoms with E-state index in [4.69, 9.17) is 8.83 Å². The van der Waals surface area contributed by atoms with Gasteiger partial charge in [0.2, 0.25) is 0 Å². The zero-order chi connectivity index (χ0) is 33.5. The van der Waals surface area contributed by atoms with Gasteiger partial charge in [0.1, 0.15) is 22.3 Å². The Morgan fingerprint density at radius 2 is 0.863 bits per heavy atom. The molecule has 0 aliphatic rings. The Bertz CT molecular complexity index is 3160. The first-order chi connectivity index (χ1) is 25.3. The monoisotopic (exact) mass is 651 g/mol. The maximum Gasteiger partial charge on any atom is 0.143 e. The Kier molecular flexibility index (Phi) is 5.96. The Hall–Kier alpha value is -6.84. The molecular weight excluding hydrogens is 623 g/mol. The van der Waals surface area contributed by atoms with Crippen LogP contribution in [0.15, 0.2) is 185 Å². The van der Waals surface area contributed by atoms with Crippen molar-refractivity contribution in [3.05, 3.63) is 176 Å². The van der Waals surface area contributed by atoms with Crippen LogP contribution in [0.4, 0.5) is 17.1 Å². The predicted molar refractivity (Wildman–Crippen MR) is 214 cm³/mol. The van der Waals surface area contributed by atoms with E-state index in [0.717, 1.165) is 88.2 Å². The lowest BCUT2D eigenvalue weighted by molar-refractivity contribution is 0.672. The lowest BCUT2D eigenvalue weighted by atomic mass is 9.95. The summed E-state index contributed by atoms with van der Waals surface area (Å²) in [6.45, 7) is 0. The summed E-state index contributed by atoms with van der Waals surface area (Å²) in [6.07, 6.45) is 0. The number of hydrogen-bond donors (Lipinski definition) is 0. The molecule has 0 spiro atoms. The van der Waals surface area contributed by atoms with Crippen molar-refractivity contribution in [3.8, 4) is 11.1 Å². The van der Waals surface area contributed by atoms with Crippen LogP contribution in [0.5, 0.6) is 0 Å². The third-order valence-electron chi connectivity index (χ3n) is 10.4. The normalized spacial score (nSPS) is 11.9. The molecule has 51 heavy (non-hydrogen) atoms. The van der Waals surface area contributed by atoms with Gasteiger partial charge in [0.15, 0.2) is 0 Å². The number of furan rings is 2. The first-order valence-electron chi connectivity index (χ1n) is 17.3. The highest BCUT2D eigenvalue weighted by Crippen LogP contribution is 2.49. The second-order valence-electron chi connectivity index (χ2n) is 13.2. The minimum Gasteiger partial charge on any atom is -0.455 e. The Morgan fingerprint density at radius 3 is 1.61 bits per heavy atom. The van der Waals surface area contributed by atoms with Crippen LogP contribution in [0.3, 0.4) is 0 Å². The molecule has 0 fully saturated rings. The second-order valence-corrected chi connectivity index (χ2v) is 13.2. The van der Waals surface area contributed by atoms with Gasteiger partial charge in [-0.05, 0) is 75.6 Å². The van der Waals surface area contributed by atoms with Gasteiger partial charge < -0.3 is 13.7 Å². The average Bonchev–Trinajstić information content (AvgIpc) is 3.78. The number of hydrogen-bond acceptors (Lipinski definition) is 3. The van der Waals surface area contributed by atoms with Crippen LogP contribution in [0.2, 0.25) is 0 Å². The van der Waals surface area contributed by atoms with E-state index in [1.165, 1.54) is 16.2 Å². The van der Waals surface area contributed by atoms with E-state index in [1.54, 1.807) is 0 Å². The maximum absolute atomic E-state index is 6.70. The van der Waals surface area contributed by atoms with Crippen LogP contribution in [-0.4, -0.2) is 0 Å². The van der Waals surface area contributed by atoms with Gasteiger partial charge in [-0.15, -0.1) is 0 Å². The summed E-state index contributed by atoms with van der Waals surface area (Å²) in [5.74, 6) is 0. The zero-order valence-corrected chi connectivity index (χ0v) is 27.5. The Labute approximate surface area is 293 Å². The Morgan fingerprint density at radius 1 is 0.333 bits per heavy atom. The number of para-hydroxylation sites is 1. The molecule has 0 bridgehead atoms. The van der Waals surface area contributed by atoms with Gasteiger partial charge in [0.05, 0.1) is 16.8 Å². The van der Waals surface area contributed by atoms with E-state index in [2.05, 4.69) is 181 Å². The molecule has 238 valence electrons. The quantitative estimate of drug-likeness (QED) is 0.190. The van der Waals surface area contributed by atoms with Crippen molar-refractivity contribution in [3.63, 3.8) is 0 Å². The van der Waals surface area contributed by atoms with Gasteiger partial charge in [-0.2, -0.15) is 0 Å². The lowest BCUT2D eigenvalue weighted by Gasteiger charge is -2.29. The number of benzene rings is 9. The summed E-state index contributed by atoms with van der Waals surface area (Å²) >= 11 is 0. The summed E-state index contributed by atoms with van der Waals surface area (Å²) in [5, 5.41) is 11.4. The molecule has 0 N–H and O–H groups in total. The molecule has 0 radical (unpaired) electrons. The molecule has 0 amide bonds. The molecule has 2 heterocycles. The molecule has 2 aromatic heterocycles. The molecule has 0 unspecified atom stereocenters. The van der Waals surface area contributed by atoms with Crippen LogP contribution in [0.25, 0.3) is 87.3 Å². The largest absolute Gasteiger partial charge is 0.455 e. The van der Waals surface area contributed by atoms with Crippen molar-refractivity contribution in [2.45, 2.75) is 0 Å². The fourth-order valence-electron chi connectivity index (χ4n) is 8.12. The molecule has 9 aromatic carbocycles. The van der Waals surface area contributed by atoms with Gasteiger partial charge in [-0.3, -0.25) is 0 Å². The van der Waals surface area contributed by atoms with E-state index < -0.39 is 0 Å². The predicted octanol–water partition coefficient (Wildman–Crippen LogP) is 14.1. The van der Waals surface area contributed by atoms with E-state index in [9.17, 15) is 0 Å². The number of anilines is 3. The maximum atomic E-state index is 6.70. The zero-order valence-electron chi connectivity index (χ0n) is 27.5. The van der Waals surface area contributed by atoms with E-state index in [-0.39, 0.29) is 0 Å². The summed E-state index contributed by atoms with van der Waals surface area (Å²) in [4.78, 5) is 2.41. The highest BCUT2D eigenvalue weighted by atomic mass is 16.3. The summed E-state index contributed by atoms with van der Waals surface area (Å²) in [6, 6.07) is 62.6. The van der Waals surface area contributed by atoms with Crippen LogP contribution in [0.1, 0.15) is 0 Å². The topological polar surface area (TPSA) is 29.5 Å². The Balaban J connectivity index is 1.23. The van der Waals surface area contributed by atoms with Crippen LogP contribution >= 0.6 is 0 Å². The molecule has 3 heteroatoms. The molecule has 0 atom stereocenters. The van der Waals surface area contributed by atoms with E-state index in [0.29, 0.717) is 0 Å². The number of fused-ring (bicyclic) bond motifs is 11. The van der Waals surface area contributed by atoms with Crippen molar-refractivity contribution in [1.82, 2.24) is 0 Å². The molecular formula is C48H29NO2. The lowest BCUT2D eigenvalue weighted by Crippen LogP contribution is -2.11. The molecule has 3 nitrogen and oxygen atoms in total. The van der Waals surface area contributed by atoms with Gasteiger partial charge in [-0.25, -0.2) is 0 Å². The smallest absolute Gasteiger partial charge is 0.143 e. The fourth-order valence-corrected chi connectivity index (χ4v) is 8.12. The van der Waals surface area contributed by atoms with Crippen molar-refractivity contribution in [2.75, 3.05) is 4.90 Å². The second kappa shape index (κ2) is 10.8. The summed E-state index contributed by atoms with van der Waals surface area (Å²) in [5.41, 5.74) is 8.99. The molecule has 11 aromatic rings. The standard InChI is InChI=1S/C48H29NO2/c1-2-14-33-29-34(26-23-30(33)11-1)49(42-20-10-22-44-46(42)40-28-25-32-13-4-6-16-36(32)48(40)51-44)41-19-8-7-17-37(41)38-18-9-21-43-45(38)39-27-24-31-12-3-5-15-35(31)47(39)50-43/h1-29H. The van der Waals surface area contributed by atoms with Gasteiger partial charge in [0, 0.05) is 38.2 Å². The average molecular weight is 652 g/mol. The SMILES string of the molecule is c1ccc(N(c2ccc3ccccc3c2)c2cccc3oc4c5ccccc5ccc4c23)c(-c2cccc3oc4c5ccccc5ccc4c23)c1. The van der Waals surface area contributed by atoms with Crippen LogP contribution < -0.4 is 4.90 Å². The van der Waals surface area contributed by atoms with Crippen LogP contribution in [-0.2, 0) is 0 Å². The molecule has 0 aliphatic heterocycles. The fraction of sp³-hybridized carbons (Fsp3) is 0. The van der Waals surface area contributed by atoms with Crippen molar-refractivity contribution in [1.29, 1.82) is 0 Å². The first-order valence-corrected chi connectivity index (χ1v) is 17.3. The summed E-state index contributed by atoms with van der Waals surface area (Å²) in [7, 11) is 0. The molecule has 0 saturated heterocycles. The highest BCUT2D eigenvalue weighted by Gasteiger charge is 2.24. The van der Waals surface area contributed by atoms with Crippen molar-refractivity contribution < 1.29 is 8.83 Å². The molecule has 0 aliphatic carbocycles. The minimum absolute atomic E-state index is 0.858. The third-order valence-corrected chi connectivity index (χ3v) is 10.4. The third kappa shape index (κ3) is 4.19. The van der Waals surface area contributed by atoms with Gasteiger partial charge in [-0.1, -0.05) is 127 Å². The number of rotatable bonds is 4. The first kappa shape index (κ1) is 28.0. The summed E-state index contributed by atoms with van der Waals surface area (Å²) < 4.78 is 13.4. The molecule has 0 saturated carbocycles. The van der Waals surface area contributed by atoms with Gasteiger partial charge in [0.25, 0.3) is 0 Å². The highest BCUT2D eigenvalue weighted by molar-refractivity contribution is 6.22. The number of nitrogens with zero attached hydrogens (tertiary/aromatic N) is 1. The van der Waals surface area contributed by atoms with E-state index >= 15 is 0 Å². The minimum atomic E-state index is 0.858. The van der Waals surface area contributed by atoms with Crippen LogP contribution in [0, 0.1) is 0 Å². The van der Waals surface area contributed by atoms with Crippen molar-refractivity contribution in [2.24, 2.45) is 0 Å². The van der Waals surface area contributed by atoms with E-state index in [1.807, 2.05) is 0 Å². The van der Waals surface area contributed by atoms with Crippen molar-refractivity contribution >= 4 is 93.3 Å².